The van der Waals surface area contributed by atoms with Crippen LogP contribution < -0.4 is 0 Å². The van der Waals surface area contributed by atoms with Crippen molar-refractivity contribution < 1.29 is 4.79 Å². The van der Waals surface area contributed by atoms with Crippen molar-refractivity contribution in [1.29, 1.82) is 0 Å². The molecule has 0 amide bonds. The predicted molar refractivity (Wildman–Crippen MR) is 89.1 cm³/mol. The molecule has 0 aliphatic carbocycles. The zero-order valence-corrected chi connectivity index (χ0v) is 14.1. The van der Waals surface area contributed by atoms with E-state index >= 15 is 0 Å². The molecule has 4 heteroatoms. The van der Waals surface area contributed by atoms with Crippen LogP contribution in [-0.2, 0) is 6.42 Å². The lowest BCUT2D eigenvalue weighted by Crippen LogP contribution is -2.15. The van der Waals surface area contributed by atoms with Gasteiger partial charge >= 0.3 is 0 Å². The first-order chi connectivity index (χ1) is 9.40. The van der Waals surface area contributed by atoms with E-state index < -0.39 is 0 Å². The van der Waals surface area contributed by atoms with Gasteiger partial charge in [0.1, 0.15) is 0 Å². The number of aromatic nitrogens is 2. The van der Waals surface area contributed by atoms with E-state index in [4.69, 9.17) is 0 Å². The number of allylic oxidation sites excluding steroid dienone is 1. The molecule has 2 aromatic rings. The van der Waals surface area contributed by atoms with Crippen LogP contribution in [0.25, 0.3) is 0 Å². The molecule has 0 aliphatic rings. The van der Waals surface area contributed by atoms with Crippen molar-refractivity contribution >= 4 is 28.5 Å². The van der Waals surface area contributed by atoms with Crippen molar-refractivity contribution in [2.75, 3.05) is 0 Å². The molecule has 0 fully saturated rings. The fourth-order valence-corrected chi connectivity index (χ4v) is 2.72. The van der Waals surface area contributed by atoms with Gasteiger partial charge in [0.05, 0.1) is 5.69 Å². The molecule has 2 rings (SSSR count). The molecule has 0 saturated carbocycles. The number of aryl methyl sites for hydroxylation is 1. The molecule has 1 aromatic heterocycles. The summed E-state index contributed by atoms with van der Waals surface area (Å²) < 4.78 is 2.54. The molecule has 0 unspecified atom stereocenters. The minimum Gasteiger partial charge on any atom is -0.267 e. The summed E-state index contributed by atoms with van der Waals surface area (Å²) in [5.41, 5.74) is 4.61. The Balaban J connectivity index is 2.43. The van der Waals surface area contributed by atoms with Gasteiger partial charge in [-0.1, -0.05) is 18.2 Å². The van der Waals surface area contributed by atoms with Crippen molar-refractivity contribution in [2.24, 2.45) is 0 Å². The number of carbonyl (C=O) groups excluding carboxylic acids is 1. The third kappa shape index (κ3) is 3.00. The smallest absolute Gasteiger partial charge is 0.267 e. The van der Waals surface area contributed by atoms with Crippen LogP contribution in [0.1, 0.15) is 34.2 Å². The standard InChI is InChI=1S/C16H17IN2O/c1-10(2)8-15-11(3)18-19(12(15)4)16(20)13-6-5-7-14(17)9-13/h5-7,9H,1,8H2,2-4H3. The highest BCUT2D eigenvalue weighted by molar-refractivity contribution is 14.1. The Morgan fingerprint density at radius 3 is 2.70 bits per heavy atom. The van der Waals surface area contributed by atoms with Crippen molar-refractivity contribution in [3.8, 4) is 0 Å². The zero-order chi connectivity index (χ0) is 14.9. The normalized spacial score (nSPS) is 10.6. The number of hydrogen-bond donors (Lipinski definition) is 0. The number of hydrogen-bond acceptors (Lipinski definition) is 2. The van der Waals surface area contributed by atoms with E-state index in [1.54, 1.807) is 0 Å². The molecule has 1 heterocycles. The van der Waals surface area contributed by atoms with E-state index in [0.717, 1.165) is 32.5 Å². The van der Waals surface area contributed by atoms with Crippen molar-refractivity contribution in [3.05, 3.63) is 62.5 Å². The van der Waals surface area contributed by atoms with Crippen LogP contribution in [0.2, 0.25) is 0 Å². The van der Waals surface area contributed by atoms with E-state index in [2.05, 4.69) is 34.3 Å². The fraction of sp³-hybridized carbons (Fsp3) is 0.250. The Labute approximate surface area is 132 Å². The van der Waals surface area contributed by atoms with Crippen LogP contribution in [0.4, 0.5) is 0 Å². The van der Waals surface area contributed by atoms with Crippen molar-refractivity contribution in [3.63, 3.8) is 0 Å². The Hall–Kier alpha value is -1.43. The molecule has 0 aliphatic heterocycles. The van der Waals surface area contributed by atoms with Gasteiger partial charge in [-0.2, -0.15) is 5.10 Å². The van der Waals surface area contributed by atoms with E-state index in [9.17, 15) is 4.79 Å². The maximum Gasteiger partial charge on any atom is 0.278 e. The third-order valence-electron chi connectivity index (χ3n) is 3.18. The Morgan fingerprint density at radius 2 is 2.10 bits per heavy atom. The molecule has 104 valence electrons. The van der Waals surface area contributed by atoms with Crippen LogP contribution >= 0.6 is 22.6 Å². The van der Waals surface area contributed by atoms with Crippen LogP contribution in [-0.4, -0.2) is 15.7 Å². The molecule has 3 nitrogen and oxygen atoms in total. The first-order valence-electron chi connectivity index (χ1n) is 6.40. The zero-order valence-electron chi connectivity index (χ0n) is 11.9. The number of benzene rings is 1. The second-order valence-electron chi connectivity index (χ2n) is 5.01. The van der Waals surface area contributed by atoms with Gasteiger partial charge in [-0.25, -0.2) is 4.68 Å². The first kappa shape index (κ1) is 15.0. The summed E-state index contributed by atoms with van der Waals surface area (Å²) in [5, 5.41) is 4.39. The molecule has 0 N–H and O–H groups in total. The van der Waals surface area contributed by atoms with E-state index in [1.807, 2.05) is 45.0 Å². The summed E-state index contributed by atoms with van der Waals surface area (Å²) in [6.45, 7) is 9.79. The topological polar surface area (TPSA) is 34.9 Å². The number of rotatable bonds is 3. The van der Waals surface area contributed by atoms with Gasteiger partial charge in [0.25, 0.3) is 5.91 Å². The average molecular weight is 380 g/mol. The largest absolute Gasteiger partial charge is 0.278 e. The molecule has 0 bridgehead atoms. The van der Waals surface area contributed by atoms with E-state index in [1.165, 1.54) is 4.68 Å². The van der Waals surface area contributed by atoms with Crippen LogP contribution in [0.15, 0.2) is 36.4 Å². The lowest BCUT2D eigenvalue weighted by molar-refractivity contribution is 0.0942. The molecule has 0 saturated heterocycles. The molecule has 0 spiro atoms. The lowest BCUT2D eigenvalue weighted by atomic mass is 10.1. The highest BCUT2D eigenvalue weighted by Gasteiger charge is 2.17. The van der Waals surface area contributed by atoms with E-state index in [-0.39, 0.29) is 5.91 Å². The Kier molecular flexibility index (Phi) is 4.42. The van der Waals surface area contributed by atoms with Gasteiger partial charge in [0, 0.05) is 20.4 Å². The molecule has 1 aromatic carbocycles. The highest BCUT2D eigenvalue weighted by atomic mass is 127. The molecular formula is C16H17IN2O. The quantitative estimate of drug-likeness (QED) is 0.598. The predicted octanol–water partition coefficient (Wildman–Crippen LogP) is 3.91. The minimum absolute atomic E-state index is 0.0860. The monoisotopic (exact) mass is 380 g/mol. The van der Waals surface area contributed by atoms with Crippen LogP contribution in [0, 0.1) is 17.4 Å². The Bertz CT molecular complexity index is 686. The van der Waals surface area contributed by atoms with Crippen molar-refractivity contribution in [1.82, 2.24) is 9.78 Å². The van der Waals surface area contributed by atoms with Crippen LogP contribution in [0.3, 0.4) is 0 Å². The summed E-state index contributed by atoms with van der Waals surface area (Å²) in [4.78, 5) is 12.5. The van der Waals surface area contributed by atoms with Crippen LogP contribution in [0.5, 0.6) is 0 Å². The first-order valence-corrected chi connectivity index (χ1v) is 7.47. The molecule has 0 atom stereocenters. The maximum absolute atomic E-state index is 12.5. The second kappa shape index (κ2) is 5.91. The van der Waals surface area contributed by atoms with Gasteiger partial charge in [-0.3, -0.25) is 4.79 Å². The van der Waals surface area contributed by atoms with Crippen molar-refractivity contribution in [2.45, 2.75) is 27.2 Å². The van der Waals surface area contributed by atoms with Gasteiger partial charge < -0.3 is 0 Å². The number of nitrogens with zero attached hydrogens (tertiary/aromatic N) is 2. The van der Waals surface area contributed by atoms with E-state index in [0.29, 0.717) is 5.56 Å². The SMILES string of the molecule is C=C(C)Cc1c(C)nn(C(=O)c2cccc(I)c2)c1C. The Morgan fingerprint density at radius 1 is 1.40 bits per heavy atom. The minimum atomic E-state index is -0.0860. The summed E-state index contributed by atoms with van der Waals surface area (Å²) in [7, 11) is 0. The molecular weight excluding hydrogens is 363 g/mol. The summed E-state index contributed by atoms with van der Waals surface area (Å²) in [6.07, 6.45) is 0.761. The average Bonchev–Trinajstić information content (AvgIpc) is 2.65. The van der Waals surface area contributed by atoms with Gasteiger partial charge in [0.2, 0.25) is 0 Å². The summed E-state index contributed by atoms with van der Waals surface area (Å²) in [6, 6.07) is 7.54. The van der Waals surface area contributed by atoms with Gasteiger partial charge in [0.15, 0.2) is 0 Å². The number of halogens is 1. The molecule has 0 radical (unpaired) electrons. The van der Waals surface area contributed by atoms with Gasteiger partial charge in [-0.15, -0.1) is 0 Å². The second-order valence-corrected chi connectivity index (χ2v) is 6.26. The fourth-order valence-electron chi connectivity index (χ4n) is 2.17. The third-order valence-corrected chi connectivity index (χ3v) is 3.85. The maximum atomic E-state index is 12.5. The number of carbonyl (C=O) groups is 1. The lowest BCUT2D eigenvalue weighted by Gasteiger charge is -2.05. The summed E-state index contributed by atoms with van der Waals surface area (Å²) >= 11 is 2.20. The molecule has 20 heavy (non-hydrogen) atoms. The highest BCUT2D eigenvalue weighted by Crippen LogP contribution is 2.18. The summed E-state index contributed by atoms with van der Waals surface area (Å²) in [5.74, 6) is -0.0860. The van der Waals surface area contributed by atoms with Gasteiger partial charge in [-0.05, 0) is 68.0 Å².